The lowest BCUT2D eigenvalue weighted by Gasteiger charge is -2.31. The third-order valence-electron chi connectivity index (χ3n) is 2.20. The summed E-state index contributed by atoms with van der Waals surface area (Å²) >= 11 is 0. The second kappa shape index (κ2) is 4.71. The number of hydrogen-bond donors (Lipinski definition) is 4. The van der Waals surface area contributed by atoms with Gasteiger partial charge in [-0.1, -0.05) is 0 Å². The molecule has 15 heavy (non-hydrogen) atoms. The van der Waals surface area contributed by atoms with Gasteiger partial charge in [0.05, 0.1) is 12.2 Å². The van der Waals surface area contributed by atoms with E-state index in [2.05, 4.69) is 4.74 Å². The van der Waals surface area contributed by atoms with Gasteiger partial charge in [-0.05, 0) is 13.0 Å². The van der Waals surface area contributed by atoms with E-state index in [1.807, 2.05) is 0 Å². The summed E-state index contributed by atoms with van der Waals surface area (Å²) in [7, 11) is 0. The van der Waals surface area contributed by atoms with Crippen molar-refractivity contribution in [3.05, 3.63) is 11.6 Å². The van der Waals surface area contributed by atoms with Gasteiger partial charge in [-0.25, -0.2) is 4.79 Å². The lowest BCUT2D eigenvalue weighted by atomic mass is 9.89. The summed E-state index contributed by atoms with van der Waals surface area (Å²) in [5.74, 6) is -0.810. The monoisotopic (exact) mass is 218 g/mol. The highest BCUT2D eigenvalue weighted by Gasteiger charge is 2.39. The topological polar surface area (TPSA) is 107 Å². The maximum Gasteiger partial charge on any atom is 0.336 e. The Morgan fingerprint density at radius 2 is 1.93 bits per heavy atom. The molecule has 0 spiro atoms. The molecule has 6 heteroatoms. The molecule has 0 aromatic heterocycles. The molecule has 0 amide bonds. The summed E-state index contributed by atoms with van der Waals surface area (Å²) in [6, 6.07) is 0. The summed E-state index contributed by atoms with van der Waals surface area (Å²) in [5, 5.41) is 37.2. The van der Waals surface area contributed by atoms with Gasteiger partial charge in [-0.2, -0.15) is 0 Å². The average Bonchev–Trinajstić information content (AvgIpc) is 2.20. The Balaban J connectivity index is 2.88. The van der Waals surface area contributed by atoms with E-state index in [1.54, 1.807) is 6.92 Å². The third-order valence-corrected chi connectivity index (χ3v) is 2.20. The first-order valence-electron chi connectivity index (χ1n) is 4.60. The van der Waals surface area contributed by atoms with E-state index < -0.39 is 30.4 Å². The van der Waals surface area contributed by atoms with Crippen molar-refractivity contribution >= 4 is 5.97 Å². The molecular weight excluding hydrogens is 204 g/mol. The molecule has 86 valence electrons. The van der Waals surface area contributed by atoms with Crippen LogP contribution in [0.1, 0.15) is 6.92 Å². The Bertz CT molecular complexity index is 274. The molecule has 1 aliphatic carbocycles. The number of esters is 1. The van der Waals surface area contributed by atoms with Crippen molar-refractivity contribution in [2.45, 2.75) is 31.3 Å². The predicted octanol–water partition coefficient (Wildman–Crippen LogP) is -2.07. The largest absolute Gasteiger partial charge is 0.463 e. The van der Waals surface area contributed by atoms with Gasteiger partial charge in [-0.3, -0.25) is 0 Å². The Hall–Kier alpha value is -0.950. The van der Waals surface area contributed by atoms with Crippen molar-refractivity contribution in [3.63, 3.8) is 0 Å². The molecule has 0 aliphatic heterocycles. The van der Waals surface area contributed by atoms with Crippen LogP contribution in [0.25, 0.3) is 0 Å². The van der Waals surface area contributed by atoms with Crippen molar-refractivity contribution in [1.29, 1.82) is 0 Å². The summed E-state index contributed by atoms with van der Waals surface area (Å²) in [6.45, 7) is 1.72. The van der Waals surface area contributed by atoms with E-state index in [9.17, 15) is 25.2 Å². The molecule has 0 unspecified atom stereocenters. The van der Waals surface area contributed by atoms with Gasteiger partial charge in [0.1, 0.15) is 24.4 Å². The van der Waals surface area contributed by atoms with Gasteiger partial charge in [0.2, 0.25) is 0 Å². The lowest BCUT2D eigenvalue weighted by Crippen LogP contribution is -2.49. The molecule has 0 radical (unpaired) electrons. The van der Waals surface area contributed by atoms with Crippen LogP contribution in [0.3, 0.4) is 0 Å². The fourth-order valence-corrected chi connectivity index (χ4v) is 1.36. The van der Waals surface area contributed by atoms with Crippen molar-refractivity contribution in [1.82, 2.24) is 0 Å². The molecule has 0 heterocycles. The minimum atomic E-state index is -1.59. The fraction of sp³-hybridized carbons (Fsp3) is 0.667. The van der Waals surface area contributed by atoms with Crippen molar-refractivity contribution in [2.75, 3.05) is 6.61 Å². The van der Waals surface area contributed by atoms with Crippen LogP contribution >= 0.6 is 0 Å². The van der Waals surface area contributed by atoms with E-state index >= 15 is 0 Å². The second-order valence-electron chi connectivity index (χ2n) is 3.26. The lowest BCUT2D eigenvalue weighted by molar-refractivity contribution is -0.144. The van der Waals surface area contributed by atoms with Gasteiger partial charge in [0.15, 0.2) is 0 Å². The smallest absolute Gasteiger partial charge is 0.336 e. The highest BCUT2D eigenvalue weighted by Crippen LogP contribution is 2.21. The molecule has 0 fully saturated rings. The van der Waals surface area contributed by atoms with E-state index in [-0.39, 0.29) is 12.2 Å². The number of rotatable bonds is 2. The maximum atomic E-state index is 11.3. The van der Waals surface area contributed by atoms with E-state index in [0.717, 1.165) is 6.08 Å². The Morgan fingerprint density at radius 1 is 1.33 bits per heavy atom. The first-order chi connectivity index (χ1) is 6.99. The van der Waals surface area contributed by atoms with Gasteiger partial charge in [-0.15, -0.1) is 0 Å². The maximum absolute atomic E-state index is 11.3. The normalized spacial score (nSPS) is 35.9. The minimum Gasteiger partial charge on any atom is -0.463 e. The first-order valence-corrected chi connectivity index (χ1v) is 4.60. The Labute approximate surface area is 86.4 Å². The molecule has 4 N–H and O–H groups in total. The van der Waals surface area contributed by atoms with Crippen LogP contribution in [0.2, 0.25) is 0 Å². The molecule has 4 atom stereocenters. The molecule has 0 aromatic rings. The van der Waals surface area contributed by atoms with Crippen molar-refractivity contribution < 1.29 is 30.0 Å². The van der Waals surface area contributed by atoms with E-state index in [1.165, 1.54) is 0 Å². The first kappa shape index (κ1) is 12.1. The van der Waals surface area contributed by atoms with Crippen LogP contribution in [0, 0.1) is 0 Å². The molecule has 1 aliphatic rings. The molecule has 0 saturated carbocycles. The number of aliphatic hydroxyl groups is 4. The van der Waals surface area contributed by atoms with Crippen molar-refractivity contribution in [2.24, 2.45) is 0 Å². The minimum absolute atomic E-state index is 0.123. The highest BCUT2D eigenvalue weighted by molar-refractivity contribution is 5.90. The zero-order valence-electron chi connectivity index (χ0n) is 8.20. The zero-order chi connectivity index (χ0) is 11.6. The molecule has 6 nitrogen and oxygen atoms in total. The molecule has 0 bridgehead atoms. The quantitative estimate of drug-likeness (QED) is 0.397. The Morgan fingerprint density at radius 3 is 2.47 bits per heavy atom. The van der Waals surface area contributed by atoms with Crippen LogP contribution in [0.4, 0.5) is 0 Å². The number of carbonyl (C=O) groups excluding carboxylic acids is 1. The molecule has 0 saturated heterocycles. The molecular formula is C9H14O6. The summed E-state index contributed by atoms with van der Waals surface area (Å²) in [6.07, 6.45) is -5.03. The SMILES string of the molecule is CCOC(=O)C1=C[C@@H](O)[C@@H](O)[C@H](O)[C@@H]1O. The number of aliphatic hydroxyl groups excluding tert-OH is 4. The second-order valence-corrected chi connectivity index (χ2v) is 3.26. The van der Waals surface area contributed by atoms with E-state index in [0.29, 0.717) is 0 Å². The van der Waals surface area contributed by atoms with Crippen molar-refractivity contribution in [3.8, 4) is 0 Å². The summed E-state index contributed by atoms with van der Waals surface area (Å²) < 4.78 is 4.61. The van der Waals surface area contributed by atoms with Crippen LogP contribution in [0.5, 0.6) is 0 Å². The third kappa shape index (κ3) is 2.35. The van der Waals surface area contributed by atoms with E-state index in [4.69, 9.17) is 0 Å². The van der Waals surface area contributed by atoms with Crippen LogP contribution in [0.15, 0.2) is 11.6 Å². The zero-order valence-corrected chi connectivity index (χ0v) is 8.20. The fourth-order valence-electron chi connectivity index (χ4n) is 1.36. The Kier molecular flexibility index (Phi) is 3.81. The van der Waals surface area contributed by atoms with Gasteiger partial charge in [0.25, 0.3) is 0 Å². The summed E-state index contributed by atoms with van der Waals surface area (Å²) in [4.78, 5) is 11.3. The van der Waals surface area contributed by atoms with Gasteiger partial charge in [0, 0.05) is 0 Å². The van der Waals surface area contributed by atoms with Gasteiger partial charge >= 0.3 is 5.97 Å². The van der Waals surface area contributed by atoms with Crippen LogP contribution in [-0.2, 0) is 9.53 Å². The number of ether oxygens (including phenoxy) is 1. The predicted molar refractivity (Wildman–Crippen MR) is 48.7 cm³/mol. The standard InChI is InChI=1S/C9H14O6/c1-2-15-9(14)4-3-5(10)7(12)8(13)6(4)11/h3,5-8,10-13H,2H2,1H3/t5-,6-,7-,8-/m1/s1. The molecule has 1 rings (SSSR count). The van der Waals surface area contributed by atoms with Crippen LogP contribution < -0.4 is 0 Å². The number of hydrogen-bond acceptors (Lipinski definition) is 6. The molecule has 0 aromatic carbocycles. The summed E-state index contributed by atoms with van der Waals surface area (Å²) in [5.41, 5.74) is -0.234. The average molecular weight is 218 g/mol. The highest BCUT2D eigenvalue weighted by atomic mass is 16.5. The van der Waals surface area contributed by atoms with Gasteiger partial charge < -0.3 is 25.2 Å². The van der Waals surface area contributed by atoms with Crippen LogP contribution in [-0.4, -0.2) is 57.4 Å². The number of carbonyl (C=O) groups is 1.